The summed E-state index contributed by atoms with van der Waals surface area (Å²) in [5.41, 5.74) is -0.0297. The average molecular weight is 571 g/mol. The number of nitro benzene ring substituents is 3. The molecule has 0 heterocycles. The Morgan fingerprint density at radius 3 is 1.76 bits per heavy atom. The first-order chi connectivity index (χ1) is 19.8. The lowest BCUT2D eigenvalue weighted by atomic mass is 9.86. The fraction of sp³-hybridized carbons (Fsp3) is 0.167. The van der Waals surface area contributed by atoms with Crippen LogP contribution in [0.5, 0.6) is 11.5 Å². The number of Topliss-reactive ketones (excluding diaryl/α,β-unsaturated/α-hetero) is 1. The first kappa shape index (κ1) is 29.3. The molecule has 4 aromatic rings. The van der Waals surface area contributed by atoms with Crippen molar-refractivity contribution in [1.82, 2.24) is 0 Å². The molecule has 0 spiro atoms. The van der Waals surface area contributed by atoms with Crippen LogP contribution in [0.15, 0.2) is 84.9 Å². The first-order valence-corrected chi connectivity index (χ1v) is 12.7. The number of carbonyl (C=O) groups excluding carboxylic acids is 1. The van der Waals surface area contributed by atoms with Gasteiger partial charge in [-0.1, -0.05) is 45.0 Å². The molecule has 0 N–H and O–H groups in total. The third-order valence-electron chi connectivity index (χ3n) is 6.46. The number of ether oxygens (including phenoxy) is 1. The molecule has 0 aliphatic carbocycles. The van der Waals surface area contributed by atoms with Crippen LogP contribution in [0, 0.1) is 30.3 Å². The molecule has 0 aliphatic rings. The van der Waals surface area contributed by atoms with E-state index in [1.165, 1.54) is 6.92 Å². The quantitative estimate of drug-likeness (QED) is 0.110. The normalized spacial score (nSPS) is 11.0. The van der Waals surface area contributed by atoms with E-state index in [9.17, 15) is 35.1 Å². The highest BCUT2D eigenvalue weighted by Gasteiger charge is 2.34. The van der Waals surface area contributed by atoms with Crippen LogP contribution >= 0.6 is 0 Å². The number of benzene rings is 4. The standard InChI is InChI=1S/C30H26N4O8/c1-19(35)20-10-13-23(14-11-20)31(22-8-6-5-7-9-22)25-16-21(30(2,3)4)12-15-28(25)42-29-26(33(38)39)17-24(32(36)37)18-27(29)34(40)41/h5-18H,1-4H3. The Morgan fingerprint density at radius 2 is 1.29 bits per heavy atom. The van der Waals surface area contributed by atoms with Crippen molar-refractivity contribution >= 4 is 39.9 Å². The number of nitrogens with zero attached hydrogens (tertiary/aromatic N) is 4. The van der Waals surface area contributed by atoms with Gasteiger partial charge in [0.1, 0.15) is 0 Å². The van der Waals surface area contributed by atoms with Crippen LogP contribution in [0.3, 0.4) is 0 Å². The molecule has 0 unspecified atom stereocenters. The van der Waals surface area contributed by atoms with E-state index in [0.29, 0.717) is 34.8 Å². The molecule has 4 aromatic carbocycles. The summed E-state index contributed by atoms with van der Waals surface area (Å²) in [7, 11) is 0. The van der Waals surface area contributed by atoms with Gasteiger partial charge in [0, 0.05) is 16.9 Å². The lowest BCUT2D eigenvalue weighted by Gasteiger charge is -2.29. The third kappa shape index (κ3) is 6.07. The predicted octanol–water partition coefficient (Wildman–Crippen LogP) is 8.17. The summed E-state index contributed by atoms with van der Waals surface area (Å²) in [5, 5.41) is 35.2. The number of hydrogen-bond donors (Lipinski definition) is 0. The number of rotatable bonds is 9. The van der Waals surface area contributed by atoms with Crippen LogP contribution < -0.4 is 9.64 Å². The maximum atomic E-state index is 11.9. The van der Waals surface area contributed by atoms with Crippen molar-refractivity contribution in [1.29, 1.82) is 0 Å². The number of nitro groups is 3. The largest absolute Gasteiger partial charge is 0.442 e. The molecule has 0 atom stereocenters. The van der Waals surface area contributed by atoms with Gasteiger partial charge in [-0.25, -0.2) is 0 Å². The molecule has 0 bridgehead atoms. The Labute approximate surface area is 240 Å². The van der Waals surface area contributed by atoms with Crippen molar-refractivity contribution in [3.05, 3.63) is 126 Å². The van der Waals surface area contributed by atoms with E-state index in [0.717, 1.165) is 5.56 Å². The molecule has 0 radical (unpaired) electrons. The van der Waals surface area contributed by atoms with Crippen molar-refractivity contribution in [3.8, 4) is 11.5 Å². The van der Waals surface area contributed by atoms with E-state index in [4.69, 9.17) is 4.74 Å². The maximum Gasteiger partial charge on any atom is 0.325 e. The fourth-order valence-corrected chi connectivity index (χ4v) is 4.27. The number of ketones is 1. The highest BCUT2D eigenvalue weighted by atomic mass is 16.6. The number of hydrogen-bond acceptors (Lipinski definition) is 9. The Balaban J connectivity index is 2.02. The van der Waals surface area contributed by atoms with Crippen LogP contribution in [-0.2, 0) is 5.41 Å². The summed E-state index contributed by atoms with van der Waals surface area (Å²) in [5.74, 6) is -0.854. The fourth-order valence-electron chi connectivity index (χ4n) is 4.27. The van der Waals surface area contributed by atoms with Gasteiger partial charge >= 0.3 is 11.4 Å². The van der Waals surface area contributed by atoms with E-state index >= 15 is 0 Å². The molecule has 4 rings (SSSR count). The lowest BCUT2D eigenvalue weighted by Crippen LogP contribution is -2.15. The SMILES string of the molecule is CC(=O)c1ccc(N(c2ccccc2)c2cc(C(C)(C)C)ccc2Oc2c([N+](=O)[O-])cc([N+](=O)[O-])cc2[N+](=O)[O-])cc1. The zero-order valence-corrected chi connectivity index (χ0v) is 23.1. The van der Waals surface area contributed by atoms with Crippen LogP contribution in [-0.4, -0.2) is 20.6 Å². The van der Waals surface area contributed by atoms with Gasteiger partial charge in [-0.05, 0) is 66.4 Å². The monoisotopic (exact) mass is 570 g/mol. The van der Waals surface area contributed by atoms with Gasteiger partial charge in [-0.2, -0.15) is 0 Å². The number of para-hydroxylation sites is 1. The van der Waals surface area contributed by atoms with Gasteiger partial charge in [-0.15, -0.1) is 0 Å². The number of carbonyl (C=O) groups is 1. The van der Waals surface area contributed by atoms with Crippen molar-refractivity contribution in [2.75, 3.05) is 4.90 Å². The molecule has 0 saturated heterocycles. The number of anilines is 3. The minimum atomic E-state index is -0.964. The third-order valence-corrected chi connectivity index (χ3v) is 6.46. The second kappa shape index (κ2) is 11.5. The summed E-state index contributed by atoms with van der Waals surface area (Å²) in [6.45, 7) is 7.43. The summed E-state index contributed by atoms with van der Waals surface area (Å²) >= 11 is 0. The number of non-ortho nitro benzene ring substituents is 1. The molecule has 0 fully saturated rings. The molecule has 0 saturated carbocycles. The van der Waals surface area contributed by atoms with E-state index in [-0.39, 0.29) is 16.9 Å². The molecular weight excluding hydrogens is 544 g/mol. The van der Waals surface area contributed by atoms with Gasteiger partial charge in [0.25, 0.3) is 11.4 Å². The van der Waals surface area contributed by atoms with Gasteiger partial charge < -0.3 is 9.64 Å². The van der Waals surface area contributed by atoms with Gasteiger partial charge in [0.15, 0.2) is 11.5 Å². The predicted molar refractivity (Wildman–Crippen MR) is 156 cm³/mol. The first-order valence-electron chi connectivity index (χ1n) is 12.7. The van der Waals surface area contributed by atoms with Crippen LogP contribution in [0.4, 0.5) is 34.1 Å². The zero-order chi connectivity index (χ0) is 30.8. The summed E-state index contributed by atoms with van der Waals surface area (Å²) in [6, 6.07) is 22.2. The Hall–Kier alpha value is -5.65. The maximum absolute atomic E-state index is 11.9. The highest BCUT2D eigenvalue weighted by molar-refractivity contribution is 5.94. The summed E-state index contributed by atoms with van der Waals surface area (Å²) in [6.07, 6.45) is 0. The van der Waals surface area contributed by atoms with Crippen LogP contribution in [0.2, 0.25) is 0 Å². The molecule has 0 aliphatic heterocycles. The molecule has 12 heteroatoms. The van der Waals surface area contributed by atoms with E-state index in [2.05, 4.69) is 0 Å². The van der Waals surface area contributed by atoms with E-state index in [1.807, 2.05) is 57.2 Å². The molecule has 0 amide bonds. The molecule has 42 heavy (non-hydrogen) atoms. The van der Waals surface area contributed by atoms with Gasteiger partial charge in [0.2, 0.25) is 0 Å². The molecule has 214 valence electrons. The minimum absolute atomic E-state index is 0.0163. The Kier molecular flexibility index (Phi) is 8.00. The summed E-state index contributed by atoms with van der Waals surface area (Å²) in [4.78, 5) is 46.1. The smallest absolute Gasteiger partial charge is 0.325 e. The zero-order valence-electron chi connectivity index (χ0n) is 23.1. The Bertz CT molecular complexity index is 1660. The summed E-state index contributed by atoms with van der Waals surface area (Å²) < 4.78 is 5.98. The minimum Gasteiger partial charge on any atom is -0.442 e. The molecular formula is C30H26N4O8. The second-order valence-corrected chi connectivity index (χ2v) is 10.4. The Morgan fingerprint density at radius 1 is 0.738 bits per heavy atom. The molecule has 12 nitrogen and oxygen atoms in total. The second-order valence-electron chi connectivity index (χ2n) is 10.4. The van der Waals surface area contributed by atoms with Gasteiger partial charge in [-0.3, -0.25) is 35.1 Å². The lowest BCUT2D eigenvalue weighted by molar-refractivity contribution is -0.404. The van der Waals surface area contributed by atoms with Gasteiger partial charge in [0.05, 0.1) is 32.6 Å². The van der Waals surface area contributed by atoms with Crippen molar-refractivity contribution in [3.63, 3.8) is 0 Å². The van der Waals surface area contributed by atoms with E-state index < -0.39 is 37.6 Å². The van der Waals surface area contributed by atoms with Crippen LogP contribution in [0.1, 0.15) is 43.6 Å². The highest BCUT2D eigenvalue weighted by Crippen LogP contribution is 2.48. The molecule has 0 aromatic heterocycles. The van der Waals surface area contributed by atoms with Crippen molar-refractivity contribution in [2.24, 2.45) is 0 Å². The topological polar surface area (TPSA) is 159 Å². The van der Waals surface area contributed by atoms with Crippen LogP contribution in [0.25, 0.3) is 0 Å². The van der Waals surface area contributed by atoms with Crippen molar-refractivity contribution < 1.29 is 24.3 Å². The van der Waals surface area contributed by atoms with Crippen molar-refractivity contribution in [2.45, 2.75) is 33.1 Å². The van der Waals surface area contributed by atoms with E-state index in [1.54, 1.807) is 41.3 Å². The average Bonchev–Trinajstić information content (AvgIpc) is 2.94.